The van der Waals surface area contributed by atoms with Crippen molar-refractivity contribution in [2.24, 2.45) is 0 Å². The van der Waals surface area contributed by atoms with Crippen LogP contribution in [-0.2, 0) is 25.0 Å². The highest BCUT2D eigenvalue weighted by atomic mass is 16.4. The van der Waals surface area contributed by atoms with Crippen LogP contribution in [0.5, 0.6) is 0 Å². The molecule has 43 heavy (non-hydrogen) atoms. The number of hydrogen-bond donors (Lipinski definition) is 1. The molecule has 0 bridgehead atoms. The Morgan fingerprint density at radius 3 is 1.77 bits per heavy atom. The van der Waals surface area contributed by atoms with Crippen molar-refractivity contribution in [1.29, 1.82) is 0 Å². The van der Waals surface area contributed by atoms with Gasteiger partial charge in [-0.1, -0.05) is 136 Å². The van der Waals surface area contributed by atoms with E-state index in [4.69, 9.17) is 4.42 Å². The molecule has 0 aliphatic heterocycles. The second-order valence-corrected chi connectivity index (χ2v) is 12.3. The van der Waals surface area contributed by atoms with E-state index >= 15 is 0 Å². The number of amides is 1. The smallest absolute Gasteiger partial charge is 0.286 e. The molecule has 1 N–H and O–H groups in total. The fourth-order valence-corrected chi connectivity index (χ4v) is 5.50. The minimum Gasteiger partial charge on any atom is -0.455 e. The molecule has 0 saturated heterocycles. The maximum atomic E-state index is 13.1. The quantitative estimate of drug-likeness (QED) is 0.163. The van der Waals surface area contributed by atoms with Gasteiger partial charge in [0.1, 0.15) is 5.76 Å². The molecule has 0 aliphatic carbocycles. The van der Waals surface area contributed by atoms with Crippen molar-refractivity contribution < 1.29 is 9.21 Å². The summed E-state index contributed by atoms with van der Waals surface area (Å²) >= 11 is 0. The molecule has 1 heterocycles. The third kappa shape index (κ3) is 8.56. The van der Waals surface area contributed by atoms with Gasteiger partial charge >= 0.3 is 0 Å². The standard InChI is InChI=1S/C39H42N2O2/c1-39(2,3)34-21-19-31(20-22-34)28-41(27-30-13-7-4-8-14-30)29-35-23-24-37(43-35)38(42)40-26-25-36(32-15-9-5-10-16-32)33-17-11-6-12-18-33/h4-24,36H,25-29H2,1-3H3,(H,40,42). The fourth-order valence-electron chi connectivity index (χ4n) is 5.50. The number of carbonyl (C=O) groups excluding carboxylic acids is 1. The van der Waals surface area contributed by atoms with Crippen LogP contribution < -0.4 is 5.32 Å². The Kier molecular flexibility index (Phi) is 9.91. The van der Waals surface area contributed by atoms with E-state index in [1.807, 2.05) is 24.3 Å². The summed E-state index contributed by atoms with van der Waals surface area (Å²) in [5.74, 6) is 1.15. The van der Waals surface area contributed by atoms with Crippen LogP contribution in [0.1, 0.15) is 77.2 Å². The highest BCUT2D eigenvalue weighted by Crippen LogP contribution is 2.28. The van der Waals surface area contributed by atoms with Crippen molar-refractivity contribution >= 4 is 5.91 Å². The monoisotopic (exact) mass is 570 g/mol. The fraction of sp³-hybridized carbons (Fsp3) is 0.256. The Labute approximate surface area is 256 Å². The number of nitrogens with one attached hydrogen (secondary N) is 1. The van der Waals surface area contributed by atoms with E-state index in [1.54, 1.807) is 6.07 Å². The molecule has 1 aromatic heterocycles. The number of furan rings is 1. The summed E-state index contributed by atoms with van der Waals surface area (Å²) in [5, 5.41) is 3.09. The number of carbonyl (C=O) groups is 1. The molecule has 0 atom stereocenters. The molecule has 0 unspecified atom stereocenters. The van der Waals surface area contributed by atoms with Crippen molar-refractivity contribution in [1.82, 2.24) is 10.2 Å². The highest BCUT2D eigenvalue weighted by Gasteiger charge is 2.18. The first-order valence-corrected chi connectivity index (χ1v) is 15.2. The average molecular weight is 571 g/mol. The maximum absolute atomic E-state index is 13.1. The Hall–Kier alpha value is -4.41. The summed E-state index contributed by atoms with van der Waals surface area (Å²) in [5.41, 5.74) is 6.43. The van der Waals surface area contributed by atoms with Gasteiger partial charge in [-0.15, -0.1) is 0 Å². The van der Waals surface area contributed by atoms with Crippen LogP contribution in [0.4, 0.5) is 0 Å². The molecule has 0 aliphatic rings. The van der Waals surface area contributed by atoms with E-state index < -0.39 is 0 Å². The Morgan fingerprint density at radius 1 is 0.674 bits per heavy atom. The van der Waals surface area contributed by atoms with E-state index in [2.05, 4.69) is 128 Å². The molecule has 0 saturated carbocycles. The lowest BCUT2D eigenvalue weighted by atomic mass is 9.87. The molecule has 0 radical (unpaired) electrons. The van der Waals surface area contributed by atoms with Crippen molar-refractivity contribution in [2.75, 3.05) is 6.54 Å². The molecule has 1 amide bonds. The van der Waals surface area contributed by atoms with Crippen molar-refractivity contribution in [3.63, 3.8) is 0 Å². The third-order valence-electron chi connectivity index (χ3n) is 7.86. The number of nitrogens with zero attached hydrogens (tertiary/aromatic N) is 1. The van der Waals surface area contributed by atoms with Crippen LogP contribution >= 0.6 is 0 Å². The van der Waals surface area contributed by atoms with Gasteiger partial charge in [0.05, 0.1) is 6.54 Å². The van der Waals surface area contributed by atoms with E-state index in [0.717, 1.165) is 25.3 Å². The van der Waals surface area contributed by atoms with Crippen molar-refractivity contribution in [3.05, 3.63) is 167 Å². The Balaban J connectivity index is 1.23. The van der Waals surface area contributed by atoms with E-state index in [9.17, 15) is 4.79 Å². The molecule has 5 rings (SSSR count). The van der Waals surface area contributed by atoms with Gasteiger partial charge in [0.25, 0.3) is 5.91 Å². The average Bonchev–Trinajstić information content (AvgIpc) is 3.49. The topological polar surface area (TPSA) is 45.5 Å². The summed E-state index contributed by atoms with van der Waals surface area (Å²) in [7, 11) is 0. The summed E-state index contributed by atoms with van der Waals surface area (Å²) in [6.07, 6.45) is 0.798. The molecule has 4 heteroatoms. The summed E-state index contributed by atoms with van der Waals surface area (Å²) in [4.78, 5) is 15.4. The summed E-state index contributed by atoms with van der Waals surface area (Å²) < 4.78 is 6.09. The van der Waals surface area contributed by atoms with Crippen LogP contribution in [-0.4, -0.2) is 17.4 Å². The van der Waals surface area contributed by atoms with Crippen molar-refractivity contribution in [2.45, 2.75) is 58.2 Å². The summed E-state index contributed by atoms with van der Waals surface area (Å²) in [6, 6.07) is 44.0. The molecular formula is C39H42N2O2. The SMILES string of the molecule is CC(C)(C)c1ccc(CN(Cc2ccccc2)Cc2ccc(C(=O)NCCC(c3ccccc3)c3ccccc3)o2)cc1. The molecule has 0 spiro atoms. The largest absolute Gasteiger partial charge is 0.455 e. The van der Waals surface area contributed by atoms with Gasteiger partial charge in [0, 0.05) is 25.6 Å². The maximum Gasteiger partial charge on any atom is 0.286 e. The van der Waals surface area contributed by atoms with Crippen LogP contribution in [0.25, 0.3) is 0 Å². The lowest BCUT2D eigenvalue weighted by molar-refractivity contribution is 0.0920. The molecule has 0 fully saturated rings. The molecule has 4 nitrogen and oxygen atoms in total. The predicted octanol–water partition coefficient (Wildman–Crippen LogP) is 8.73. The van der Waals surface area contributed by atoms with Gasteiger partial charge in [-0.05, 0) is 51.8 Å². The van der Waals surface area contributed by atoms with Gasteiger partial charge in [-0.3, -0.25) is 9.69 Å². The van der Waals surface area contributed by atoms with Crippen molar-refractivity contribution in [3.8, 4) is 0 Å². The first kappa shape index (κ1) is 30.1. The second kappa shape index (κ2) is 14.2. The van der Waals surface area contributed by atoms with E-state index in [1.165, 1.54) is 27.8 Å². The second-order valence-electron chi connectivity index (χ2n) is 12.3. The van der Waals surface area contributed by atoms with E-state index in [0.29, 0.717) is 18.8 Å². The van der Waals surface area contributed by atoms with Gasteiger partial charge in [-0.2, -0.15) is 0 Å². The third-order valence-corrected chi connectivity index (χ3v) is 7.86. The number of rotatable bonds is 12. The predicted molar refractivity (Wildman–Crippen MR) is 175 cm³/mol. The molecule has 5 aromatic rings. The van der Waals surface area contributed by atoms with Crippen LogP contribution in [0.2, 0.25) is 0 Å². The minimum absolute atomic E-state index is 0.122. The van der Waals surface area contributed by atoms with Crippen LogP contribution in [0.3, 0.4) is 0 Å². The molecule has 220 valence electrons. The van der Waals surface area contributed by atoms with Crippen LogP contribution in [0.15, 0.2) is 132 Å². The Morgan fingerprint density at radius 2 is 1.21 bits per heavy atom. The lowest BCUT2D eigenvalue weighted by Crippen LogP contribution is -2.25. The zero-order valence-corrected chi connectivity index (χ0v) is 25.5. The van der Waals surface area contributed by atoms with E-state index in [-0.39, 0.29) is 17.2 Å². The highest BCUT2D eigenvalue weighted by molar-refractivity contribution is 5.91. The van der Waals surface area contributed by atoms with Gasteiger partial charge in [-0.25, -0.2) is 0 Å². The number of benzene rings is 4. The first-order chi connectivity index (χ1) is 20.8. The molecule has 4 aromatic carbocycles. The van der Waals surface area contributed by atoms with Crippen LogP contribution in [0, 0.1) is 0 Å². The minimum atomic E-state index is -0.182. The normalized spacial score (nSPS) is 11.7. The first-order valence-electron chi connectivity index (χ1n) is 15.2. The zero-order chi connectivity index (χ0) is 30.1. The molecular weight excluding hydrogens is 528 g/mol. The van der Waals surface area contributed by atoms with Gasteiger partial charge in [0.2, 0.25) is 0 Å². The summed E-state index contributed by atoms with van der Waals surface area (Å²) in [6.45, 7) is 9.42. The van der Waals surface area contributed by atoms with Gasteiger partial charge < -0.3 is 9.73 Å². The number of hydrogen-bond acceptors (Lipinski definition) is 3. The zero-order valence-electron chi connectivity index (χ0n) is 25.5. The lowest BCUT2D eigenvalue weighted by Gasteiger charge is -2.23. The van der Waals surface area contributed by atoms with Gasteiger partial charge in [0.15, 0.2) is 5.76 Å². The Bertz CT molecular complexity index is 1510.